The van der Waals surface area contributed by atoms with E-state index in [1.54, 1.807) is 0 Å². The normalized spacial score (nSPS) is 12.9. The predicted molar refractivity (Wildman–Crippen MR) is 65.7 cm³/mol. The molecule has 4 nitrogen and oxygen atoms in total. The van der Waals surface area contributed by atoms with Crippen LogP contribution in [0.2, 0.25) is 0 Å². The third-order valence-electron chi connectivity index (χ3n) is 2.83. The molecule has 0 aliphatic carbocycles. The van der Waals surface area contributed by atoms with Gasteiger partial charge in [0.2, 0.25) is 0 Å². The van der Waals surface area contributed by atoms with Crippen molar-refractivity contribution in [3.8, 4) is 0 Å². The molecule has 0 saturated carbocycles. The van der Waals surface area contributed by atoms with E-state index in [4.69, 9.17) is 11.1 Å². The van der Waals surface area contributed by atoms with Crippen molar-refractivity contribution in [2.24, 2.45) is 5.73 Å². The fourth-order valence-electron chi connectivity index (χ4n) is 2.10. The number of fused-ring (bicyclic) bond motifs is 1. The molecule has 0 radical (unpaired) electrons. The summed E-state index contributed by atoms with van der Waals surface area (Å²) in [5, 5.41) is 7.63. The zero-order valence-corrected chi connectivity index (χ0v) is 9.57. The van der Waals surface area contributed by atoms with Gasteiger partial charge in [0.15, 0.2) is 0 Å². The van der Waals surface area contributed by atoms with Gasteiger partial charge in [-0.2, -0.15) is 0 Å². The minimum Gasteiger partial charge on any atom is -0.386 e. The molecular formula is C12H16N4. The first-order valence-electron chi connectivity index (χ1n) is 5.42. The highest BCUT2D eigenvalue weighted by Gasteiger charge is 2.17. The average Bonchev–Trinajstić information content (AvgIpc) is 2.57. The smallest absolute Gasteiger partial charge is 0.114 e. The number of aryl methyl sites for hydroxylation is 1. The molecule has 3 N–H and O–H groups in total. The molecule has 0 amide bonds. The van der Waals surface area contributed by atoms with Crippen LogP contribution in [0, 0.1) is 12.3 Å². The van der Waals surface area contributed by atoms with Crippen LogP contribution in [-0.4, -0.2) is 15.4 Å². The van der Waals surface area contributed by atoms with Gasteiger partial charge in [-0.1, -0.05) is 19.1 Å². The predicted octanol–water partition coefficient (Wildman–Crippen LogP) is 2.23. The maximum Gasteiger partial charge on any atom is 0.114 e. The summed E-state index contributed by atoms with van der Waals surface area (Å²) in [5.74, 6) is 1.09. The molecule has 1 aromatic heterocycles. The number of hydrogen-bond donors (Lipinski definition) is 2. The van der Waals surface area contributed by atoms with Crippen LogP contribution in [0.5, 0.6) is 0 Å². The fraction of sp³-hybridized carbons (Fsp3) is 0.333. The Balaban J connectivity index is 2.66. The van der Waals surface area contributed by atoms with Gasteiger partial charge in [0.05, 0.1) is 17.1 Å². The highest BCUT2D eigenvalue weighted by molar-refractivity contribution is 5.84. The summed E-state index contributed by atoms with van der Waals surface area (Å²) in [5.41, 5.74) is 7.63. The summed E-state index contributed by atoms with van der Waals surface area (Å²) in [6.07, 6.45) is 0.802. The molecule has 0 fully saturated rings. The van der Waals surface area contributed by atoms with Crippen molar-refractivity contribution in [2.75, 3.05) is 0 Å². The Hall–Kier alpha value is -1.84. The van der Waals surface area contributed by atoms with E-state index in [-0.39, 0.29) is 11.9 Å². The van der Waals surface area contributed by atoms with Crippen LogP contribution in [0.4, 0.5) is 0 Å². The number of hydrogen-bond acceptors (Lipinski definition) is 2. The van der Waals surface area contributed by atoms with Gasteiger partial charge in [0.25, 0.3) is 0 Å². The highest BCUT2D eigenvalue weighted by atomic mass is 15.1. The standard InChI is InChI=1S/C12H16N4/c1-3-10(12(13)14)16-8(2)15-9-6-4-5-7-11(9)16/h4-7,10H,3H2,1-2H3,(H3,13,14). The highest BCUT2D eigenvalue weighted by Crippen LogP contribution is 2.22. The lowest BCUT2D eigenvalue weighted by molar-refractivity contribution is 0.609. The minimum atomic E-state index is -0.0904. The summed E-state index contributed by atoms with van der Waals surface area (Å²) in [4.78, 5) is 4.48. The Labute approximate surface area is 94.6 Å². The molecule has 1 atom stereocenters. The Kier molecular flexibility index (Phi) is 2.64. The maximum atomic E-state index is 7.63. The number of aromatic nitrogens is 2. The molecule has 0 spiro atoms. The summed E-state index contributed by atoms with van der Waals surface area (Å²) >= 11 is 0. The second-order valence-electron chi connectivity index (χ2n) is 3.90. The van der Waals surface area contributed by atoms with Gasteiger partial charge in [-0.25, -0.2) is 4.98 Å². The zero-order chi connectivity index (χ0) is 11.7. The lowest BCUT2D eigenvalue weighted by Gasteiger charge is -2.17. The van der Waals surface area contributed by atoms with Gasteiger partial charge in [-0.05, 0) is 25.5 Å². The van der Waals surface area contributed by atoms with Crippen LogP contribution < -0.4 is 5.73 Å². The lowest BCUT2D eigenvalue weighted by Crippen LogP contribution is -2.26. The first-order valence-corrected chi connectivity index (χ1v) is 5.42. The van der Waals surface area contributed by atoms with Crippen molar-refractivity contribution in [2.45, 2.75) is 26.3 Å². The molecule has 84 valence electrons. The number of imidazole rings is 1. The van der Waals surface area contributed by atoms with E-state index in [0.29, 0.717) is 0 Å². The Morgan fingerprint density at radius 1 is 1.50 bits per heavy atom. The largest absolute Gasteiger partial charge is 0.386 e. The van der Waals surface area contributed by atoms with E-state index >= 15 is 0 Å². The second-order valence-corrected chi connectivity index (χ2v) is 3.90. The average molecular weight is 216 g/mol. The van der Waals surface area contributed by atoms with Crippen LogP contribution in [0.3, 0.4) is 0 Å². The first-order chi connectivity index (χ1) is 7.65. The van der Waals surface area contributed by atoms with Crippen molar-refractivity contribution < 1.29 is 0 Å². The third kappa shape index (κ3) is 1.56. The molecule has 0 aliphatic rings. The number of nitrogens with two attached hydrogens (primary N) is 1. The van der Waals surface area contributed by atoms with E-state index < -0.39 is 0 Å². The van der Waals surface area contributed by atoms with Crippen molar-refractivity contribution in [3.05, 3.63) is 30.1 Å². The van der Waals surface area contributed by atoms with Gasteiger partial charge >= 0.3 is 0 Å². The quantitative estimate of drug-likeness (QED) is 0.610. The topological polar surface area (TPSA) is 67.7 Å². The molecule has 4 heteroatoms. The van der Waals surface area contributed by atoms with Gasteiger partial charge < -0.3 is 10.3 Å². The SMILES string of the molecule is CCC(C(=N)N)n1c(C)nc2ccccc21. The number of para-hydroxylation sites is 2. The van der Waals surface area contributed by atoms with Crippen molar-refractivity contribution in [3.63, 3.8) is 0 Å². The Bertz CT molecular complexity index is 527. The van der Waals surface area contributed by atoms with E-state index in [0.717, 1.165) is 23.3 Å². The number of amidine groups is 1. The van der Waals surface area contributed by atoms with Gasteiger partial charge in [-0.15, -0.1) is 0 Å². The summed E-state index contributed by atoms with van der Waals surface area (Å²) in [6, 6.07) is 7.85. The molecular weight excluding hydrogens is 200 g/mol. The van der Waals surface area contributed by atoms with Crippen molar-refractivity contribution >= 4 is 16.9 Å². The van der Waals surface area contributed by atoms with Gasteiger partial charge in [-0.3, -0.25) is 5.41 Å². The number of benzene rings is 1. The Morgan fingerprint density at radius 3 is 2.81 bits per heavy atom. The van der Waals surface area contributed by atoms with Crippen molar-refractivity contribution in [1.82, 2.24) is 9.55 Å². The molecule has 0 aliphatic heterocycles. The zero-order valence-electron chi connectivity index (χ0n) is 9.57. The van der Waals surface area contributed by atoms with E-state index in [2.05, 4.69) is 4.98 Å². The summed E-state index contributed by atoms with van der Waals surface area (Å²) in [7, 11) is 0. The van der Waals surface area contributed by atoms with Crippen LogP contribution >= 0.6 is 0 Å². The third-order valence-corrected chi connectivity index (χ3v) is 2.83. The maximum absolute atomic E-state index is 7.63. The molecule has 0 bridgehead atoms. The first kappa shape index (κ1) is 10.7. The molecule has 16 heavy (non-hydrogen) atoms. The molecule has 2 rings (SSSR count). The Morgan fingerprint density at radius 2 is 2.19 bits per heavy atom. The molecule has 1 aromatic carbocycles. The molecule has 2 aromatic rings. The van der Waals surface area contributed by atoms with E-state index in [9.17, 15) is 0 Å². The van der Waals surface area contributed by atoms with Gasteiger partial charge in [0.1, 0.15) is 11.7 Å². The monoisotopic (exact) mass is 216 g/mol. The molecule has 1 heterocycles. The summed E-state index contributed by atoms with van der Waals surface area (Å²) in [6.45, 7) is 3.98. The van der Waals surface area contributed by atoms with Crippen LogP contribution in [0.1, 0.15) is 25.2 Å². The van der Waals surface area contributed by atoms with E-state index in [1.807, 2.05) is 42.7 Å². The molecule has 0 saturated heterocycles. The number of nitrogens with zero attached hydrogens (tertiary/aromatic N) is 2. The van der Waals surface area contributed by atoms with Crippen LogP contribution in [0.15, 0.2) is 24.3 Å². The van der Waals surface area contributed by atoms with Crippen LogP contribution in [0.25, 0.3) is 11.0 Å². The van der Waals surface area contributed by atoms with Crippen LogP contribution in [-0.2, 0) is 0 Å². The number of rotatable bonds is 3. The fourth-order valence-corrected chi connectivity index (χ4v) is 2.10. The molecule has 1 unspecified atom stereocenters. The summed E-state index contributed by atoms with van der Waals surface area (Å²) < 4.78 is 2.04. The lowest BCUT2D eigenvalue weighted by atomic mass is 10.2. The van der Waals surface area contributed by atoms with E-state index in [1.165, 1.54) is 0 Å². The van der Waals surface area contributed by atoms with Crippen molar-refractivity contribution in [1.29, 1.82) is 5.41 Å². The second kappa shape index (κ2) is 3.96. The number of nitrogens with one attached hydrogen (secondary N) is 1. The minimum absolute atomic E-state index is 0.0904. The van der Waals surface area contributed by atoms with Gasteiger partial charge in [0, 0.05) is 0 Å².